The van der Waals surface area contributed by atoms with Gasteiger partial charge in [0.2, 0.25) is 5.91 Å². The highest BCUT2D eigenvalue weighted by Gasteiger charge is 2.22. The third kappa shape index (κ3) is 4.14. The van der Waals surface area contributed by atoms with Gasteiger partial charge in [-0.05, 0) is 31.5 Å². The van der Waals surface area contributed by atoms with Crippen molar-refractivity contribution in [2.24, 2.45) is 0 Å². The molecule has 0 aliphatic rings. The number of aromatic nitrogens is 3. The second kappa shape index (κ2) is 8.19. The standard InChI is InChI=1S/C20H22N4OS/c1-15(19(25)23(3)18-12-8-5-9-13-18)26-20-22-21-16(2)24(20)14-17-10-6-4-7-11-17/h4-13,15H,14H2,1-3H3/t15-/m1/s1. The summed E-state index contributed by atoms with van der Waals surface area (Å²) in [6.45, 7) is 4.53. The summed E-state index contributed by atoms with van der Waals surface area (Å²) in [5, 5.41) is 8.96. The average Bonchev–Trinajstić information content (AvgIpc) is 3.01. The summed E-state index contributed by atoms with van der Waals surface area (Å²) in [5.41, 5.74) is 2.06. The normalized spacial score (nSPS) is 12.0. The van der Waals surface area contributed by atoms with Crippen molar-refractivity contribution in [1.29, 1.82) is 0 Å². The van der Waals surface area contributed by atoms with Crippen LogP contribution < -0.4 is 4.90 Å². The second-order valence-corrected chi connectivity index (χ2v) is 7.40. The minimum absolute atomic E-state index is 0.0353. The second-order valence-electron chi connectivity index (χ2n) is 6.09. The maximum Gasteiger partial charge on any atom is 0.240 e. The Morgan fingerprint density at radius 3 is 2.35 bits per heavy atom. The van der Waals surface area contributed by atoms with E-state index in [1.807, 2.05) is 66.9 Å². The molecule has 0 radical (unpaired) electrons. The van der Waals surface area contributed by atoms with Gasteiger partial charge >= 0.3 is 0 Å². The van der Waals surface area contributed by atoms with E-state index >= 15 is 0 Å². The van der Waals surface area contributed by atoms with Crippen LogP contribution >= 0.6 is 11.8 Å². The molecule has 1 aromatic heterocycles. The molecule has 0 spiro atoms. The van der Waals surface area contributed by atoms with Gasteiger partial charge in [-0.3, -0.25) is 4.79 Å². The van der Waals surface area contributed by atoms with Crippen molar-refractivity contribution in [2.75, 3.05) is 11.9 Å². The molecule has 0 saturated heterocycles. The maximum atomic E-state index is 12.8. The maximum absolute atomic E-state index is 12.8. The summed E-state index contributed by atoms with van der Waals surface area (Å²) in [6.07, 6.45) is 0. The Morgan fingerprint density at radius 1 is 1.08 bits per heavy atom. The Morgan fingerprint density at radius 2 is 1.69 bits per heavy atom. The number of aryl methyl sites for hydroxylation is 1. The first-order chi connectivity index (χ1) is 12.6. The molecule has 3 aromatic rings. The lowest BCUT2D eigenvalue weighted by Gasteiger charge is -2.21. The van der Waals surface area contributed by atoms with Crippen LogP contribution in [0.2, 0.25) is 0 Å². The number of amides is 1. The van der Waals surface area contributed by atoms with Crippen molar-refractivity contribution in [3.05, 3.63) is 72.1 Å². The lowest BCUT2D eigenvalue weighted by Crippen LogP contribution is -2.33. The topological polar surface area (TPSA) is 51.0 Å². The van der Waals surface area contributed by atoms with Crippen molar-refractivity contribution in [2.45, 2.75) is 30.8 Å². The molecule has 0 fully saturated rings. The van der Waals surface area contributed by atoms with E-state index in [-0.39, 0.29) is 11.2 Å². The summed E-state index contributed by atoms with van der Waals surface area (Å²) < 4.78 is 2.05. The number of benzene rings is 2. The highest BCUT2D eigenvalue weighted by atomic mass is 32.2. The number of thioether (sulfide) groups is 1. The smallest absolute Gasteiger partial charge is 0.240 e. The monoisotopic (exact) mass is 366 g/mol. The van der Waals surface area contributed by atoms with Crippen LogP contribution in [0.25, 0.3) is 0 Å². The van der Waals surface area contributed by atoms with Gasteiger partial charge in [-0.25, -0.2) is 0 Å². The van der Waals surface area contributed by atoms with E-state index < -0.39 is 0 Å². The molecule has 6 heteroatoms. The van der Waals surface area contributed by atoms with Crippen LogP contribution in [-0.4, -0.2) is 33.0 Å². The van der Waals surface area contributed by atoms with E-state index in [9.17, 15) is 4.79 Å². The van der Waals surface area contributed by atoms with Crippen LogP contribution in [0.3, 0.4) is 0 Å². The van der Waals surface area contributed by atoms with Crippen molar-refractivity contribution in [1.82, 2.24) is 14.8 Å². The van der Waals surface area contributed by atoms with Gasteiger partial charge in [0.15, 0.2) is 5.16 Å². The van der Waals surface area contributed by atoms with E-state index in [2.05, 4.69) is 22.3 Å². The number of hydrogen-bond donors (Lipinski definition) is 0. The molecule has 0 aliphatic carbocycles. The van der Waals surface area contributed by atoms with Crippen LogP contribution in [0.1, 0.15) is 18.3 Å². The zero-order chi connectivity index (χ0) is 18.5. The van der Waals surface area contributed by atoms with Gasteiger partial charge in [0.05, 0.1) is 11.8 Å². The van der Waals surface area contributed by atoms with Crippen molar-refractivity contribution in [3.63, 3.8) is 0 Å². The molecule has 1 heterocycles. The minimum Gasteiger partial charge on any atom is -0.315 e. The third-order valence-electron chi connectivity index (χ3n) is 4.19. The van der Waals surface area contributed by atoms with E-state index in [0.717, 1.165) is 16.7 Å². The zero-order valence-electron chi connectivity index (χ0n) is 15.2. The molecule has 0 aliphatic heterocycles. The molecule has 1 atom stereocenters. The van der Waals surface area contributed by atoms with Crippen molar-refractivity contribution in [3.8, 4) is 0 Å². The van der Waals surface area contributed by atoms with Gasteiger partial charge in [-0.1, -0.05) is 60.3 Å². The van der Waals surface area contributed by atoms with Gasteiger partial charge in [0, 0.05) is 12.7 Å². The van der Waals surface area contributed by atoms with E-state index in [1.54, 1.807) is 11.9 Å². The van der Waals surface area contributed by atoms with Crippen LogP contribution in [0.5, 0.6) is 0 Å². The van der Waals surface area contributed by atoms with E-state index in [0.29, 0.717) is 6.54 Å². The fourth-order valence-corrected chi connectivity index (χ4v) is 3.64. The largest absolute Gasteiger partial charge is 0.315 e. The number of carbonyl (C=O) groups is 1. The van der Waals surface area contributed by atoms with Crippen LogP contribution in [0.4, 0.5) is 5.69 Å². The average molecular weight is 366 g/mol. The molecule has 1 amide bonds. The SMILES string of the molecule is Cc1nnc(S[C@H](C)C(=O)N(C)c2ccccc2)n1Cc1ccccc1. The van der Waals surface area contributed by atoms with Crippen LogP contribution in [0, 0.1) is 6.92 Å². The summed E-state index contributed by atoms with van der Waals surface area (Å²) in [4.78, 5) is 14.5. The molecular formula is C20H22N4OS. The molecule has 5 nitrogen and oxygen atoms in total. The Bertz CT molecular complexity index is 864. The number of anilines is 1. The number of para-hydroxylation sites is 1. The summed E-state index contributed by atoms with van der Waals surface area (Å²) in [7, 11) is 1.80. The Balaban J connectivity index is 1.73. The first kappa shape index (κ1) is 18.2. The van der Waals surface area contributed by atoms with Crippen LogP contribution in [-0.2, 0) is 11.3 Å². The van der Waals surface area contributed by atoms with E-state index in [4.69, 9.17) is 0 Å². The zero-order valence-corrected chi connectivity index (χ0v) is 16.0. The molecule has 0 N–H and O–H groups in total. The molecular weight excluding hydrogens is 344 g/mol. The minimum atomic E-state index is -0.265. The Kier molecular flexibility index (Phi) is 5.73. The number of hydrogen-bond acceptors (Lipinski definition) is 4. The quantitative estimate of drug-likeness (QED) is 0.623. The molecule has 3 rings (SSSR count). The lowest BCUT2D eigenvalue weighted by molar-refractivity contribution is -0.117. The van der Waals surface area contributed by atoms with Gasteiger partial charge in [0.25, 0.3) is 0 Å². The van der Waals surface area contributed by atoms with E-state index in [1.165, 1.54) is 17.3 Å². The summed E-state index contributed by atoms with van der Waals surface area (Å²) >= 11 is 1.44. The molecule has 2 aromatic carbocycles. The van der Waals surface area contributed by atoms with Crippen LogP contribution in [0.15, 0.2) is 65.8 Å². The highest BCUT2D eigenvalue weighted by Crippen LogP contribution is 2.25. The third-order valence-corrected chi connectivity index (χ3v) is 5.26. The van der Waals surface area contributed by atoms with Gasteiger partial charge in [0.1, 0.15) is 5.82 Å². The molecule has 26 heavy (non-hydrogen) atoms. The lowest BCUT2D eigenvalue weighted by atomic mass is 10.2. The summed E-state index contributed by atoms with van der Waals surface area (Å²) in [6, 6.07) is 19.8. The van der Waals surface area contributed by atoms with Gasteiger partial charge in [-0.2, -0.15) is 0 Å². The fourth-order valence-electron chi connectivity index (χ4n) is 2.66. The molecule has 134 valence electrons. The number of nitrogens with zero attached hydrogens (tertiary/aromatic N) is 4. The fraction of sp³-hybridized carbons (Fsp3) is 0.250. The predicted molar refractivity (Wildman–Crippen MR) is 105 cm³/mol. The van der Waals surface area contributed by atoms with Crippen molar-refractivity contribution >= 4 is 23.4 Å². The Labute approximate surface area is 158 Å². The first-order valence-electron chi connectivity index (χ1n) is 8.49. The summed E-state index contributed by atoms with van der Waals surface area (Å²) in [5.74, 6) is 0.875. The molecule has 0 saturated carbocycles. The van der Waals surface area contributed by atoms with Gasteiger partial charge in [-0.15, -0.1) is 10.2 Å². The van der Waals surface area contributed by atoms with Gasteiger partial charge < -0.3 is 9.47 Å². The predicted octanol–water partition coefficient (Wildman–Crippen LogP) is 3.78. The first-order valence-corrected chi connectivity index (χ1v) is 9.37. The molecule has 0 unspecified atom stereocenters. The number of rotatable bonds is 6. The Hall–Kier alpha value is -2.60. The highest BCUT2D eigenvalue weighted by molar-refractivity contribution is 8.00. The number of carbonyl (C=O) groups excluding carboxylic acids is 1. The molecule has 0 bridgehead atoms. The van der Waals surface area contributed by atoms with Crippen molar-refractivity contribution < 1.29 is 4.79 Å².